The second kappa shape index (κ2) is 4.42. The van der Waals surface area contributed by atoms with Gasteiger partial charge in [0.2, 0.25) is 0 Å². The molecule has 16 heavy (non-hydrogen) atoms. The maximum absolute atomic E-state index is 5.77. The highest BCUT2D eigenvalue weighted by atomic mass is 15.1. The minimum Gasteiger partial charge on any atom is -0.373 e. The summed E-state index contributed by atoms with van der Waals surface area (Å²) in [4.78, 5) is 6.66. The summed E-state index contributed by atoms with van der Waals surface area (Å²) in [6.45, 7) is 5.41. The fraction of sp³-hybridized carbons (Fsp3) is 0.615. The lowest BCUT2D eigenvalue weighted by molar-refractivity contribution is 0.722. The van der Waals surface area contributed by atoms with Crippen LogP contribution in [0.1, 0.15) is 32.0 Å². The van der Waals surface area contributed by atoms with E-state index in [9.17, 15) is 0 Å². The van der Waals surface area contributed by atoms with Crippen LogP contribution in [0.4, 0.5) is 5.69 Å². The van der Waals surface area contributed by atoms with Crippen molar-refractivity contribution in [1.29, 1.82) is 0 Å². The van der Waals surface area contributed by atoms with E-state index in [-0.39, 0.29) is 6.04 Å². The number of nitrogens with zero attached hydrogens (tertiary/aromatic N) is 2. The lowest BCUT2D eigenvalue weighted by Gasteiger charge is -2.19. The Morgan fingerprint density at radius 3 is 2.69 bits per heavy atom. The minimum atomic E-state index is 0.0165. The Labute approximate surface area is 97.7 Å². The van der Waals surface area contributed by atoms with Gasteiger partial charge in [0, 0.05) is 19.6 Å². The maximum atomic E-state index is 5.77. The summed E-state index contributed by atoms with van der Waals surface area (Å²) in [5.41, 5.74) is 7.91. The summed E-state index contributed by atoms with van der Waals surface area (Å²) in [5, 5.41) is 0. The molecular formula is C13H21N3. The van der Waals surface area contributed by atoms with E-state index in [2.05, 4.69) is 29.9 Å². The van der Waals surface area contributed by atoms with Crippen LogP contribution >= 0.6 is 0 Å². The molecule has 0 amide bonds. The third-order valence-corrected chi connectivity index (χ3v) is 3.46. The number of anilines is 1. The van der Waals surface area contributed by atoms with Gasteiger partial charge in [0.15, 0.2) is 0 Å². The first kappa shape index (κ1) is 11.4. The van der Waals surface area contributed by atoms with Gasteiger partial charge in [0.05, 0.1) is 17.6 Å². The van der Waals surface area contributed by atoms with Gasteiger partial charge in [-0.25, -0.2) is 0 Å². The average Bonchev–Trinajstić information content (AvgIpc) is 2.94. The van der Waals surface area contributed by atoms with Gasteiger partial charge >= 0.3 is 0 Å². The SMILES string of the molecule is CC1CC1CN(C)c1ccc([C@@H](C)N)nc1. The van der Waals surface area contributed by atoms with E-state index in [1.54, 1.807) is 0 Å². The van der Waals surface area contributed by atoms with E-state index in [0.29, 0.717) is 0 Å². The van der Waals surface area contributed by atoms with Gasteiger partial charge in [0.1, 0.15) is 0 Å². The molecule has 88 valence electrons. The van der Waals surface area contributed by atoms with Gasteiger partial charge in [0.25, 0.3) is 0 Å². The molecule has 1 heterocycles. The van der Waals surface area contributed by atoms with Gasteiger partial charge in [-0.2, -0.15) is 0 Å². The Balaban J connectivity index is 1.97. The summed E-state index contributed by atoms with van der Waals surface area (Å²) in [6, 6.07) is 4.15. The fourth-order valence-corrected chi connectivity index (χ4v) is 2.00. The Hall–Kier alpha value is -1.09. The smallest absolute Gasteiger partial charge is 0.0569 e. The Bertz CT molecular complexity index is 345. The standard InChI is InChI=1S/C13H21N3/c1-9-6-11(9)8-16(3)12-4-5-13(10(2)14)15-7-12/h4-5,7,9-11H,6,8,14H2,1-3H3/t9?,10-,11?/m1/s1. The van der Waals surface area contributed by atoms with Crippen molar-refractivity contribution < 1.29 is 0 Å². The van der Waals surface area contributed by atoms with Gasteiger partial charge in [-0.05, 0) is 37.3 Å². The second-order valence-corrected chi connectivity index (χ2v) is 5.08. The lowest BCUT2D eigenvalue weighted by Crippen LogP contribution is -2.21. The van der Waals surface area contributed by atoms with E-state index in [0.717, 1.165) is 24.1 Å². The molecule has 1 saturated carbocycles. The zero-order valence-electron chi connectivity index (χ0n) is 10.4. The van der Waals surface area contributed by atoms with Crippen LogP contribution in [-0.4, -0.2) is 18.6 Å². The van der Waals surface area contributed by atoms with Crippen LogP contribution in [0.25, 0.3) is 0 Å². The molecule has 2 rings (SSSR count). The van der Waals surface area contributed by atoms with Gasteiger partial charge < -0.3 is 10.6 Å². The monoisotopic (exact) mass is 219 g/mol. The van der Waals surface area contributed by atoms with Crippen LogP contribution in [-0.2, 0) is 0 Å². The van der Waals surface area contributed by atoms with E-state index < -0.39 is 0 Å². The molecule has 3 heteroatoms. The quantitative estimate of drug-likeness (QED) is 0.844. The Morgan fingerprint density at radius 1 is 1.56 bits per heavy atom. The largest absolute Gasteiger partial charge is 0.373 e. The van der Waals surface area contributed by atoms with Gasteiger partial charge in [-0.15, -0.1) is 0 Å². The zero-order chi connectivity index (χ0) is 11.7. The van der Waals surface area contributed by atoms with Crippen LogP contribution < -0.4 is 10.6 Å². The Kier molecular flexibility index (Phi) is 3.15. The lowest BCUT2D eigenvalue weighted by atomic mass is 10.2. The molecule has 3 atom stereocenters. The fourth-order valence-electron chi connectivity index (χ4n) is 2.00. The molecule has 1 fully saturated rings. The molecule has 1 aromatic heterocycles. The third-order valence-electron chi connectivity index (χ3n) is 3.46. The highest BCUT2D eigenvalue weighted by Gasteiger charge is 2.33. The number of aromatic nitrogens is 1. The van der Waals surface area contributed by atoms with Crippen LogP contribution in [0.15, 0.2) is 18.3 Å². The molecule has 0 bridgehead atoms. The van der Waals surface area contributed by atoms with Crippen molar-refractivity contribution in [2.75, 3.05) is 18.5 Å². The normalized spacial score (nSPS) is 25.2. The molecule has 2 unspecified atom stereocenters. The molecule has 1 aromatic rings. The van der Waals surface area contributed by atoms with Crippen molar-refractivity contribution in [2.24, 2.45) is 17.6 Å². The topological polar surface area (TPSA) is 42.1 Å². The molecule has 0 aliphatic heterocycles. The third kappa shape index (κ3) is 2.53. The van der Waals surface area contributed by atoms with E-state index in [1.165, 1.54) is 12.1 Å². The summed E-state index contributed by atoms with van der Waals surface area (Å²) in [6.07, 6.45) is 3.29. The number of pyridine rings is 1. The first-order chi connectivity index (χ1) is 7.58. The highest BCUT2D eigenvalue weighted by Crippen LogP contribution is 2.38. The number of hydrogen-bond acceptors (Lipinski definition) is 3. The predicted molar refractivity (Wildman–Crippen MR) is 67.4 cm³/mol. The molecule has 0 radical (unpaired) electrons. The van der Waals surface area contributed by atoms with Crippen LogP contribution in [0.5, 0.6) is 0 Å². The molecule has 2 N–H and O–H groups in total. The molecule has 3 nitrogen and oxygen atoms in total. The van der Waals surface area contributed by atoms with E-state index in [4.69, 9.17) is 5.73 Å². The Morgan fingerprint density at radius 2 is 2.25 bits per heavy atom. The van der Waals surface area contributed by atoms with Crippen molar-refractivity contribution in [3.63, 3.8) is 0 Å². The molecule has 0 aromatic carbocycles. The van der Waals surface area contributed by atoms with E-state index >= 15 is 0 Å². The van der Waals surface area contributed by atoms with Crippen molar-refractivity contribution in [3.8, 4) is 0 Å². The molecule has 0 saturated heterocycles. The molecule has 0 spiro atoms. The van der Waals surface area contributed by atoms with Crippen molar-refractivity contribution in [2.45, 2.75) is 26.3 Å². The first-order valence-electron chi connectivity index (χ1n) is 6.00. The van der Waals surface area contributed by atoms with Crippen LogP contribution in [0, 0.1) is 11.8 Å². The van der Waals surface area contributed by atoms with Gasteiger partial charge in [-0.1, -0.05) is 6.92 Å². The summed E-state index contributed by atoms with van der Waals surface area (Å²) >= 11 is 0. The maximum Gasteiger partial charge on any atom is 0.0569 e. The number of rotatable bonds is 4. The molecule has 1 aliphatic carbocycles. The molecule has 1 aliphatic rings. The van der Waals surface area contributed by atoms with Crippen LogP contribution in [0.3, 0.4) is 0 Å². The summed E-state index contributed by atoms with van der Waals surface area (Å²) in [7, 11) is 2.13. The van der Waals surface area contributed by atoms with Crippen LogP contribution in [0.2, 0.25) is 0 Å². The van der Waals surface area contributed by atoms with E-state index in [1.807, 2.05) is 19.2 Å². The second-order valence-electron chi connectivity index (χ2n) is 5.08. The summed E-state index contributed by atoms with van der Waals surface area (Å²) < 4.78 is 0. The zero-order valence-corrected chi connectivity index (χ0v) is 10.4. The van der Waals surface area contributed by atoms with Crippen molar-refractivity contribution in [1.82, 2.24) is 4.98 Å². The molecular weight excluding hydrogens is 198 g/mol. The minimum absolute atomic E-state index is 0.0165. The van der Waals surface area contributed by atoms with Crippen molar-refractivity contribution >= 4 is 5.69 Å². The first-order valence-corrected chi connectivity index (χ1v) is 6.00. The number of nitrogens with two attached hydrogens (primary N) is 1. The summed E-state index contributed by atoms with van der Waals surface area (Å²) in [5.74, 6) is 1.77. The van der Waals surface area contributed by atoms with Gasteiger partial charge in [-0.3, -0.25) is 4.98 Å². The number of hydrogen-bond donors (Lipinski definition) is 1. The highest BCUT2D eigenvalue weighted by molar-refractivity contribution is 5.44. The average molecular weight is 219 g/mol. The predicted octanol–water partition coefficient (Wildman–Crippen LogP) is 2.19. The van der Waals surface area contributed by atoms with Crippen molar-refractivity contribution in [3.05, 3.63) is 24.0 Å².